The Morgan fingerprint density at radius 2 is 1.65 bits per heavy atom. The lowest BCUT2D eigenvalue weighted by molar-refractivity contribution is -0.121. The largest absolute Gasteiger partial charge is 0.493 e. The Balaban J connectivity index is 1.32. The highest BCUT2D eigenvalue weighted by Crippen LogP contribution is 2.27. The summed E-state index contributed by atoms with van der Waals surface area (Å²) in [4.78, 5) is 29.9. The Bertz CT molecular complexity index is 1100. The van der Waals surface area contributed by atoms with E-state index < -0.39 is 0 Å². The van der Waals surface area contributed by atoms with Crippen molar-refractivity contribution in [3.63, 3.8) is 0 Å². The van der Waals surface area contributed by atoms with Crippen LogP contribution in [0.15, 0.2) is 60.0 Å². The number of amides is 2. The van der Waals surface area contributed by atoms with Crippen molar-refractivity contribution < 1.29 is 19.1 Å². The number of methoxy groups -OCH3 is 1. The molecule has 1 fully saturated rings. The van der Waals surface area contributed by atoms with Crippen LogP contribution in [0.4, 0.5) is 0 Å². The summed E-state index contributed by atoms with van der Waals surface area (Å²) in [6.45, 7) is 0.250. The second-order valence-corrected chi connectivity index (χ2v) is 9.21. The predicted octanol–water partition coefficient (Wildman–Crippen LogP) is 4.13. The number of benzene rings is 2. The van der Waals surface area contributed by atoms with Crippen molar-refractivity contribution in [2.75, 3.05) is 7.11 Å². The van der Waals surface area contributed by atoms with Gasteiger partial charge in [0.25, 0.3) is 5.91 Å². The SMILES string of the molecule is COc1ccccc1OCc1nc(C(=O)NC2CCCCC2NC(=O)Cc2ccccc2)cs1. The molecule has 2 amide bonds. The second-order valence-electron chi connectivity index (χ2n) is 8.27. The number of hydrogen-bond donors (Lipinski definition) is 2. The van der Waals surface area contributed by atoms with Gasteiger partial charge in [0.15, 0.2) is 11.5 Å². The van der Waals surface area contributed by atoms with Crippen LogP contribution in [-0.4, -0.2) is 36.0 Å². The minimum atomic E-state index is -0.228. The molecule has 2 unspecified atom stereocenters. The number of nitrogens with zero attached hydrogens (tertiary/aromatic N) is 1. The van der Waals surface area contributed by atoms with Gasteiger partial charge in [-0.05, 0) is 30.5 Å². The molecule has 0 spiro atoms. The van der Waals surface area contributed by atoms with E-state index in [0.717, 1.165) is 31.2 Å². The molecule has 3 aromatic rings. The van der Waals surface area contributed by atoms with Gasteiger partial charge in [0.05, 0.1) is 13.5 Å². The standard InChI is InChI=1S/C26H29N3O4S/c1-32-22-13-7-8-14-23(22)33-16-25-28-21(17-34-25)26(31)29-20-12-6-5-11-19(20)27-24(30)15-18-9-3-2-4-10-18/h2-4,7-10,13-14,17,19-20H,5-6,11-12,15-16H2,1H3,(H,27,30)(H,29,31). The molecule has 0 aliphatic heterocycles. The number of para-hydroxylation sites is 2. The number of ether oxygens (including phenoxy) is 2. The van der Waals surface area contributed by atoms with Crippen LogP contribution in [0.25, 0.3) is 0 Å². The molecule has 0 radical (unpaired) electrons. The third kappa shape index (κ3) is 6.35. The van der Waals surface area contributed by atoms with E-state index in [2.05, 4.69) is 15.6 Å². The van der Waals surface area contributed by atoms with Gasteiger partial charge in [0, 0.05) is 17.5 Å². The summed E-state index contributed by atoms with van der Waals surface area (Å²) < 4.78 is 11.1. The molecule has 0 bridgehead atoms. The molecule has 34 heavy (non-hydrogen) atoms. The van der Waals surface area contributed by atoms with E-state index in [1.54, 1.807) is 12.5 Å². The normalized spacial score (nSPS) is 17.6. The lowest BCUT2D eigenvalue weighted by Crippen LogP contribution is -2.53. The molecule has 178 valence electrons. The summed E-state index contributed by atoms with van der Waals surface area (Å²) in [7, 11) is 1.59. The maximum Gasteiger partial charge on any atom is 0.271 e. The minimum absolute atomic E-state index is 0.0261. The fourth-order valence-corrected chi connectivity index (χ4v) is 4.80. The summed E-state index contributed by atoms with van der Waals surface area (Å²) in [6.07, 6.45) is 4.06. The molecule has 2 atom stereocenters. The van der Waals surface area contributed by atoms with E-state index >= 15 is 0 Å². The van der Waals surface area contributed by atoms with E-state index in [0.29, 0.717) is 28.6 Å². The van der Waals surface area contributed by atoms with Crippen LogP contribution >= 0.6 is 11.3 Å². The highest BCUT2D eigenvalue weighted by molar-refractivity contribution is 7.09. The fourth-order valence-electron chi connectivity index (χ4n) is 4.12. The van der Waals surface area contributed by atoms with Gasteiger partial charge in [-0.3, -0.25) is 9.59 Å². The Morgan fingerprint density at radius 1 is 0.971 bits per heavy atom. The average molecular weight is 480 g/mol. The molecule has 1 aliphatic carbocycles. The van der Waals surface area contributed by atoms with E-state index in [1.165, 1.54) is 11.3 Å². The highest BCUT2D eigenvalue weighted by Gasteiger charge is 2.28. The topological polar surface area (TPSA) is 89.6 Å². The third-order valence-corrected chi connectivity index (χ3v) is 6.66. The second kappa shape index (κ2) is 11.7. The summed E-state index contributed by atoms with van der Waals surface area (Å²) in [5.41, 5.74) is 1.34. The summed E-state index contributed by atoms with van der Waals surface area (Å²) in [5, 5.41) is 8.65. The fraction of sp³-hybridized carbons (Fsp3) is 0.346. The predicted molar refractivity (Wildman–Crippen MR) is 131 cm³/mol. The number of nitrogens with one attached hydrogen (secondary N) is 2. The summed E-state index contributed by atoms with van der Waals surface area (Å²) in [5.74, 6) is 1.02. The van der Waals surface area contributed by atoms with Gasteiger partial charge in [-0.25, -0.2) is 4.98 Å². The first-order valence-electron chi connectivity index (χ1n) is 11.5. The van der Waals surface area contributed by atoms with Crippen LogP contribution in [0.2, 0.25) is 0 Å². The Morgan fingerprint density at radius 3 is 2.38 bits per heavy atom. The molecule has 4 rings (SSSR count). The molecule has 7 nitrogen and oxygen atoms in total. The molecule has 1 heterocycles. The van der Waals surface area contributed by atoms with Crippen LogP contribution in [0, 0.1) is 0 Å². The smallest absolute Gasteiger partial charge is 0.271 e. The lowest BCUT2D eigenvalue weighted by Gasteiger charge is -2.32. The number of thiazole rings is 1. The zero-order valence-corrected chi connectivity index (χ0v) is 20.0. The molecule has 2 N–H and O–H groups in total. The molecule has 2 aromatic carbocycles. The van der Waals surface area contributed by atoms with E-state index in [1.807, 2.05) is 54.6 Å². The van der Waals surface area contributed by atoms with Crippen molar-refractivity contribution in [1.82, 2.24) is 15.6 Å². The van der Waals surface area contributed by atoms with Crippen LogP contribution in [0.3, 0.4) is 0 Å². The lowest BCUT2D eigenvalue weighted by atomic mass is 9.90. The average Bonchev–Trinajstić information content (AvgIpc) is 3.34. The maximum absolute atomic E-state index is 12.9. The number of aromatic nitrogens is 1. The van der Waals surface area contributed by atoms with Gasteiger partial charge in [0.2, 0.25) is 5.91 Å². The molecule has 1 saturated carbocycles. The quantitative estimate of drug-likeness (QED) is 0.482. The Hall–Kier alpha value is -3.39. The number of rotatable bonds is 9. The zero-order valence-electron chi connectivity index (χ0n) is 19.2. The minimum Gasteiger partial charge on any atom is -0.493 e. The van der Waals surface area contributed by atoms with Crippen molar-refractivity contribution >= 4 is 23.2 Å². The van der Waals surface area contributed by atoms with Crippen LogP contribution in [0.1, 0.15) is 46.7 Å². The summed E-state index contributed by atoms with van der Waals surface area (Å²) >= 11 is 1.38. The van der Waals surface area contributed by atoms with E-state index in [4.69, 9.17) is 9.47 Å². The molecule has 1 aliphatic rings. The van der Waals surface area contributed by atoms with Crippen molar-refractivity contribution in [1.29, 1.82) is 0 Å². The third-order valence-electron chi connectivity index (χ3n) is 5.84. The van der Waals surface area contributed by atoms with Gasteiger partial charge >= 0.3 is 0 Å². The van der Waals surface area contributed by atoms with Crippen LogP contribution in [-0.2, 0) is 17.8 Å². The molecule has 1 aromatic heterocycles. The summed E-state index contributed by atoms with van der Waals surface area (Å²) in [6, 6.07) is 16.9. The highest BCUT2D eigenvalue weighted by atomic mass is 32.1. The van der Waals surface area contributed by atoms with Crippen molar-refractivity contribution in [2.24, 2.45) is 0 Å². The van der Waals surface area contributed by atoms with E-state index in [-0.39, 0.29) is 30.5 Å². The Labute approximate surface area is 203 Å². The van der Waals surface area contributed by atoms with Crippen molar-refractivity contribution in [3.8, 4) is 11.5 Å². The van der Waals surface area contributed by atoms with E-state index in [9.17, 15) is 9.59 Å². The van der Waals surface area contributed by atoms with Gasteiger partial charge in [-0.2, -0.15) is 0 Å². The van der Waals surface area contributed by atoms with Crippen LogP contribution in [0.5, 0.6) is 11.5 Å². The molecule has 8 heteroatoms. The Kier molecular flexibility index (Phi) is 8.14. The number of carbonyl (C=O) groups is 2. The first kappa shape index (κ1) is 23.8. The van der Waals surface area contributed by atoms with Crippen LogP contribution < -0.4 is 20.1 Å². The van der Waals surface area contributed by atoms with Gasteiger partial charge < -0.3 is 20.1 Å². The first-order valence-corrected chi connectivity index (χ1v) is 12.3. The first-order chi connectivity index (χ1) is 16.6. The number of hydrogen-bond acceptors (Lipinski definition) is 6. The maximum atomic E-state index is 12.9. The zero-order chi connectivity index (χ0) is 23.8. The molecular formula is C26H29N3O4S. The van der Waals surface area contributed by atoms with Gasteiger partial charge in [-0.15, -0.1) is 11.3 Å². The van der Waals surface area contributed by atoms with Gasteiger partial charge in [-0.1, -0.05) is 55.3 Å². The molecule has 0 saturated heterocycles. The molecular weight excluding hydrogens is 450 g/mol. The monoisotopic (exact) mass is 479 g/mol. The number of carbonyl (C=O) groups excluding carboxylic acids is 2. The van der Waals surface area contributed by atoms with Crippen molar-refractivity contribution in [3.05, 3.63) is 76.2 Å². The van der Waals surface area contributed by atoms with Crippen molar-refractivity contribution in [2.45, 2.75) is 50.8 Å². The van der Waals surface area contributed by atoms with Gasteiger partial charge in [0.1, 0.15) is 17.3 Å².